The minimum Gasteiger partial charge on any atom is -0.497 e. The van der Waals surface area contributed by atoms with Crippen molar-refractivity contribution in [2.24, 2.45) is 0 Å². The molecule has 5 rings (SSSR count). The van der Waals surface area contributed by atoms with Crippen LogP contribution in [0.15, 0.2) is 91.5 Å². The summed E-state index contributed by atoms with van der Waals surface area (Å²) in [5.74, 6) is 2.19. The zero-order valence-electron chi connectivity index (χ0n) is 18.1. The quantitative estimate of drug-likeness (QED) is 0.311. The summed E-state index contributed by atoms with van der Waals surface area (Å²) in [6.45, 7) is 0. The maximum atomic E-state index is 6.62. The van der Waals surface area contributed by atoms with Crippen molar-refractivity contribution >= 4 is 11.6 Å². The van der Waals surface area contributed by atoms with Gasteiger partial charge in [-0.25, -0.2) is 19.3 Å². The Morgan fingerprint density at radius 2 is 1.52 bits per heavy atom. The van der Waals surface area contributed by atoms with Crippen LogP contribution in [0.2, 0.25) is 5.02 Å². The number of imidazole rings is 2. The second kappa shape index (κ2) is 8.84. The van der Waals surface area contributed by atoms with E-state index in [2.05, 4.69) is 4.98 Å². The molecule has 0 spiro atoms. The summed E-state index contributed by atoms with van der Waals surface area (Å²) in [6.07, 6.45) is 5.35. The van der Waals surface area contributed by atoms with E-state index in [4.69, 9.17) is 26.1 Å². The first-order valence-electron chi connectivity index (χ1n) is 10.3. The van der Waals surface area contributed by atoms with Crippen LogP contribution in [-0.2, 0) is 0 Å². The first-order valence-corrected chi connectivity index (χ1v) is 10.7. The molecule has 7 heteroatoms. The molecular formula is C26H21ClN4O2. The van der Waals surface area contributed by atoms with E-state index in [0.29, 0.717) is 10.8 Å². The molecule has 2 heterocycles. The Labute approximate surface area is 196 Å². The van der Waals surface area contributed by atoms with Crippen molar-refractivity contribution in [1.29, 1.82) is 0 Å². The lowest BCUT2D eigenvalue weighted by Crippen LogP contribution is -2.10. The lowest BCUT2D eigenvalue weighted by atomic mass is 10.0. The third-order valence-corrected chi connectivity index (χ3v) is 5.71. The highest BCUT2D eigenvalue weighted by Gasteiger charge is 2.24. The fourth-order valence-corrected chi connectivity index (χ4v) is 4.05. The molecule has 2 aromatic heterocycles. The fourth-order valence-electron chi connectivity index (χ4n) is 3.83. The molecule has 5 aromatic rings. The third-order valence-electron chi connectivity index (χ3n) is 5.38. The Bertz CT molecular complexity index is 1410. The Balaban J connectivity index is 1.89. The average Bonchev–Trinajstić information content (AvgIpc) is 3.52. The van der Waals surface area contributed by atoms with Crippen LogP contribution in [-0.4, -0.2) is 33.5 Å². The summed E-state index contributed by atoms with van der Waals surface area (Å²) in [5.41, 5.74) is 4.32. The summed E-state index contributed by atoms with van der Waals surface area (Å²) >= 11 is 6.62. The number of hydrogen-bond acceptors (Lipinski definition) is 4. The van der Waals surface area contributed by atoms with Crippen LogP contribution >= 0.6 is 11.6 Å². The molecule has 6 nitrogen and oxygen atoms in total. The number of ether oxygens (including phenoxy) is 2. The Hall–Kier alpha value is -4.03. The van der Waals surface area contributed by atoms with Crippen molar-refractivity contribution in [2.75, 3.05) is 14.2 Å². The number of halogens is 1. The molecule has 0 amide bonds. The van der Waals surface area contributed by atoms with E-state index in [9.17, 15) is 0 Å². The maximum absolute atomic E-state index is 6.62. The number of hydrogen-bond donors (Lipinski definition) is 0. The third kappa shape index (κ3) is 3.85. The van der Waals surface area contributed by atoms with E-state index in [1.807, 2.05) is 88.3 Å². The van der Waals surface area contributed by atoms with Crippen molar-refractivity contribution in [3.05, 3.63) is 96.5 Å². The first-order chi connectivity index (χ1) is 16.2. The van der Waals surface area contributed by atoms with Crippen LogP contribution in [0.4, 0.5) is 0 Å². The van der Waals surface area contributed by atoms with Crippen molar-refractivity contribution in [3.8, 4) is 45.4 Å². The Kier molecular flexibility index (Phi) is 5.59. The summed E-state index contributed by atoms with van der Waals surface area (Å²) in [6, 6.07) is 23.4. The molecular weight excluding hydrogens is 436 g/mol. The summed E-state index contributed by atoms with van der Waals surface area (Å²) in [5, 5.41) is 0.609. The Morgan fingerprint density at radius 1 is 0.818 bits per heavy atom. The monoisotopic (exact) mass is 456 g/mol. The van der Waals surface area contributed by atoms with Gasteiger partial charge in [-0.2, -0.15) is 0 Å². The molecule has 164 valence electrons. The molecule has 0 aliphatic heterocycles. The van der Waals surface area contributed by atoms with Gasteiger partial charge >= 0.3 is 0 Å². The molecule has 0 bridgehead atoms. The highest BCUT2D eigenvalue weighted by atomic mass is 35.5. The van der Waals surface area contributed by atoms with E-state index >= 15 is 0 Å². The zero-order valence-corrected chi connectivity index (χ0v) is 18.9. The standard InChI is InChI=1S/C26H21ClN4O2/c1-32-20-9-5-7-18(15-20)24-25(19-8-6-10-21(16-19)33-2)31(30-14-13-28-17-30)26(29-24)22-11-3-4-12-23(22)27/h3-17H,1-2H3. The molecule has 3 aromatic carbocycles. The first kappa shape index (κ1) is 20.8. The molecule has 33 heavy (non-hydrogen) atoms. The van der Waals surface area contributed by atoms with Crippen LogP contribution in [0.5, 0.6) is 11.5 Å². The van der Waals surface area contributed by atoms with Gasteiger partial charge in [0.15, 0.2) is 5.82 Å². The lowest BCUT2D eigenvalue weighted by molar-refractivity contribution is 0.415. The van der Waals surface area contributed by atoms with Gasteiger partial charge in [0.1, 0.15) is 17.8 Å². The maximum Gasteiger partial charge on any atom is 0.162 e. The minimum absolute atomic E-state index is 0.609. The molecule has 0 atom stereocenters. The van der Waals surface area contributed by atoms with Gasteiger partial charge in [-0.15, -0.1) is 0 Å². The summed E-state index contributed by atoms with van der Waals surface area (Å²) in [4.78, 5) is 9.38. The second-order valence-corrected chi connectivity index (χ2v) is 7.74. The van der Waals surface area contributed by atoms with Gasteiger partial charge < -0.3 is 9.47 Å². The summed E-state index contributed by atoms with van der Waals surface area (Å²) < 4.78 is 14.9. The van der Waals surface area contributed by atoms with Gasteiger partial charge in [0.25, 0.3) is 0 Å². The lowest BCUT2D eigenvalue weighted by Gasteiger charge is -2.15. The number of methoxy groups -OCH3 is 2. The van der Waals surface area contributed by atoms with Gasteiger partial charge in [-0.3, -0.25) is 0 Å². The number of nitrogens with zero attached hydrogens (tertiary/aromatic N) is 4. The average molecular weight is 457 g/mol. The van der Waals surface area contributed by atoms with Crippen LogP contribution < -0.4 is 9.47 Å². The SMILES string of the molecule is COc1cccc(-c2nc(-c3ccccc3Cl)n(-n3ccnc3)c2-c2cccc(OC)c2)c1. The summed E-state index contributed by atoms with van der Waals surface area (Å²) in [7, 11) is 3.31. The van der Waals surface area contributed by atoms with Crippen LogP contribution in [0.3, 0.4) is 0 Å². The predicted octanol–water partition coefficient (Wildman–Crippen LogP) is 6.06. The fraction of sp³-hybridized carbons (Fsp3) is 0.0769. The largest absolute Gasteiger partial charge is 0.497 e. The highest BCUT2D eigenvalue weighted by molar-refractivity contribution is 6.33. The van der Waals surface area contributed by atoms with Crippen LogP contribution in [0.1, 0.15) is 0 Å². The molecule has 0 N–H and O–H groups in total. The van der Waals surface area contributed by atoms with Gasteiger partial charge in [0, 0.05) is 29.1 Å². The molecule has 0 saturated carbocycles. The van der Waals surface area contributed by atoms with E-state index in [-0.39, 0.29) is 0 Å². The number of benzene rings is 3. The van der Waals surface area contributed by atoms with Crippen molar-refractivity contribution in [2.45, 2.75) is 0 Å². The topological polar surface area (TPSA) is 54.1 Å². The van der Waals surface area contributed by atoms with Gasteiger partial charge in [-0.1, -0.05) is 48.0 Å². The number of aromatic nitrogens is 4. The van der Waals surface area contributed by atoms with Crippen molar-refractivity contribution in [3.63, 3.8) is 0 Å². The van der Waals surface area contributed by atoms with E-state index in [0.717, 1.165) is 39.6 Å². The Morgan fingerprint density at radius 3 is 2.18 bits per heavy atom. The smallest absolute Gasteiger partial charge is 0.162 e. The van der Waals surface area contributed by atoms with Gasteiger partial charge in [0.2, 0.25) is 0 Å². The van der Waals surface area contributed by atoms with Crippen LogP contribution in [0, 0.1) is 0 Å². The molecule has 0 aliphatic rings. The minimum atomic E-state index is 0.609. The van der Waals surface area contributed by atoms with E-state index in [1.54, 1.807) is 26.7 Å². The van der Waals surface area contributed by atoms with Crippen molar-refractivity contribution < 1.29 is 9.47 Å². The van der Waals surface area contributed by atoms with Gasteiger partial charge in [0.05, 0.1) is 30.6 Å². The van der Waals surface area contributed by atoms with Gasteiger partial charge in [-0.05, 0) is 36.4 Å². The zero-order chi connectivity index (χ0) is 22.8. The van der Waals surface area contributed by atoms with E-state index in [1.165, 1.54) is 0 Å². The number of rotatable bonds is 6. The highest BCUT2D eigenvalue weighted by Crippen LogP contribution is 2.39. The van der Waals surface area contributed by atoms with Crippen LogP contribution in [0.25, 0.3) is 33.9 Å². The molecule has 0 fully saturated rings. The molecule has 0 unspecified atom stereocenters. The predicted molar refractivity (Wildman–Crippen MR) is 130 cm³/mol. The molecule has 0 aliphatic carbocycles. The molecule has 0 saturated heterocycles. The normalized spacial score (nSPS) is 10.9. The van der Waals surface area contributed by atoms with E-state index < -0.39 is 0 Å². The van der Waals surface area contributed by atoms with Crippen molar-refractivity contribution in [1.82, 2.24) is 19.3 Å². The molecule has 0 radical (unpaired) electrons. The second-order valence-electron chi connectivity index (χ2n) is 7.33.